The van der Waals surface area contributed by atoms with Crippen molar-refractivity contribution in [1.29, 1.82) is 0 Å². The van der Waals surface area contributed by atoms with Crippen LogP contribution in [-0.4, -0.2) is 17.0 Å². The van der Waals surface area contributed by atoms with Crippen LogP contribution in [0.15, 0.2) is 24.5 Å². The maximum Gasteiger partial charge on any atom is 0.141 e. The minimum atomic E-state index is -0.434. The molecular formula is C12H11ClFN3. The SMILES string of the molecule is CNc1ncnc(-c2ccc(F)c(Cl)c2)c1C. The molecule has 0 saturated heterocycles. The first-order valence-electron chi connectivity index (χ1n) is 5.08. The molecule has 0 spiro atoms. The molecule has 88 valence electrons. The third kappa shape index (κ3) is 2.22. The minimum Gasteiger partial charge on any atom is -0.373 e. The number of aromatic nitrogens is 2. The second-order valence-electron chi connectivity index (χ2n) is 3.57. The Balaban J connectivity index is 2.56. The van der Waals surface area contributed by atoms with Crippen LogP contribution in [0.5, 0.6) is 0 Å². The lowest BCUT2D eigenvalue weighted by molar-refractivity contribution is 0.628. The van der Waals surface area contributed by atoms with Gasteiger partial charge in [0.25, 0.3) is 0 Å². The molecule has 1 heterocycles. The van der Waals surface area contributed by atoms with E-state index in [0.29, 0.717) is 0 Å². The molecule has 0 bridgehead atoms. The molecule has 1 aromatic carbocycles. The minimum absolute atomic E-state index is 0.0894. The van der Waals surface area contributed by atoms with Gasteiger partial charge in [-0.05, 0) is 25.1 Å². The maximum atomic E-state index is 13.1. The fourth-order valence-electron chi connectivity index (χ4n) is 1.64. The number of benzene rings is 1. The molecule has 0 aliphatic carbocycles. The number of anilines is 1. The van der Waals surface area contributed by atoms with E-state index in [1.54, 1.807) is 19.2 Å². The molecule has 3 nitrogen and oxygen atoms in total. The molecule has 0 atom stereocenters. The van der Waals surface area contributed by atoms with E-state index in [0.717, 1.165) is 22.6 Å². The Morgan fingerprint density at radius 3 is 2.71 bits per heavy atom. The lowest BCUT2D eigenvalue weighted by Crippen LogP contribution is -1.99. The van der Waals surface area contributed by atoms with Crippen LogP contribution < -0.4 is 5.32 Å². The number of rotatable bonds is 2. The van der Waals surface area contributed by atoms with Crippen LogP contribution in [0.1, 0.15) is 5.56 Å². The summed E-state index contributed by atoms with van der Waals surface area (Å²) in [5, 5.41) is 3.06. The zero-order valence-electron chi connectivity index (χ0n) is 9.46. The van der Waals surface area contributed by atoms with E-state index < -0.39 is 5.82 Å². The van der Waals surface area contributed by atoms with Crippen molar-refractivity contribution in [2.24, 2.45) is 0 Å². The Labute approximate surface area is 104 Å². The Bertz CT molecular complexity index is 557. The predicted molar refractivity (Wildman–Crippen MR) is 66.7 cm³/mol. The molecule has 17 heavy (non-hydrogen) atoms. The van der Waals surface area contributed by atoms with Crippen molar-refractivity contribution in [3.63, 3.8) is 0 Å². The zero-order valence-corrected chi connectivity index (χ0v) is 10.2. The second-order valence-corrected chi connectivity index (χ2v) is 3.98. The number of halogens is 2. The fraction of sp³-hybridized carbons (Fsp3) is 0.167. The van der Waals surface area contributed by atoms with Gasteiger partial charge in [0.15, 0.2) is 0 Å². The Morgan fingerprint density at radius 2 is 2.06 bits per heavy atom. The third-order valence-corrected chi connectivity index (χ3v) is 2.80. The van der Waals surface area contributed by atoms with Crippen LogP contribution in [0.25, 0.3) is 11.3 Å². The van der Waals surface area contributed by atoms with E-state index in [9.17, 15) is 4.39 Å². The Kier molecular flexibility index (Phi) is 3.24. The lowest BCUT2D eigenvalue weighted by atomic mass is 10.1. The van der Waals surface area contributed by atoms with Gasteiger partial charge in [-0.2, -0.15) is 0 Å². The van der Waals surface area contributed by atoms with Gasteiger partial charge in [-0.3, -0.25) is 0 Å². The molecule has 1 N–H and O–H groups in total. The molecule has 0 unspecified atom stereocenters. The molecule has 0 radical (unpaired) electrons. The monoisotopic (exact) mass is 251 g/mol. The summed E-state index contributed by atoms with van der Waals surface area (Å²) in [6.45, 7) is 1.90. The van der Waals surface area contributed by atoms with Crippen LogP contribution in [0.4, 0.5) is 10.2 Å². The molecule has 0 aliphatic rings. The summed E-state index contributed by atoms with van der Waals surface area (Å²) in [7, 11) is 1.79. The van der Waals surface area contributed by atoms with Crippen LogP contribution in [0.2, 0.25) is 5.02 Å². The second kappa shape index (κ2) is 4.67. The average Bonchev–Trinajstić information content (AvgIpc) is 2.33. The molecular weight excluding hydrogens is 241 g/mol. The fourth-order valence-corrected chi connectivity index (χ4v) is 1.82. The van der Waals surface area contributed by atoms with Gasteiger partial charge in [0.2, 0.25) is 0 Å². The van der Waals surface area contributed by atoms with E-state index in [-0.39, 0.29) is 5.02 Å². The van der Waals surface area contributed by atoms with Crippen LogP contribution in [0.3, 0.4) is 0 Å². The molecule has 0 fully saturated rings. The van der Waals surface area contributed by atoms with Crippen LogP contribution in [-0.2, 0) is 0 Å². The van der Waals surface area contributed by atoms with E-state index in [1.807, 2.05) is 6.92 Å². The predicted octanol–water partition coefficient (Wildman–Crippen LogP) is 3.29. The normalized spacial score (nSPS) is 10.4. The maximum absolute atomic E-state index is 13.1. The van der Waals surface area contributed by atoms with Gasteiger partial charge < -0.3 is 5.32 Å². The summed E-state index contributed by atoms with van der Waals surface area (Å²) in [6.07, 6.45) is 1.46. The van der Waals surface area contributed by atoms with E-state index >= 15 is 0 Å². The number of nitrogens with zero attached hydrogens (tertiary/aromatic N) is 2. The highest BCUT2D eigenvalue weighted by molar-refractivity contribution is 6.31. The standard InChI is InChI=1S/C12H11ClFN3/c1-7-11(16-6-17-12(7)15-2)8-3-4-10(14)9(13)5-8/h3-6H,1-2H3,(H,15,16,17). The average molecular weight is 252 g/mol. The summed E-state index contributed by atoms with van der Waals surface area (Å²) in [5.74, 6) is 0.311. The van der Waals surface area contributed by atoms with Crippen LogP contribution in [0, 0.1) is 12.7 Å². The van der Waals surface area contributed by atoms with Crippen molar-refractivity contribution >= 4 is 17.4 Å². The van der Waals surface area contributed by atoms with Crippen LogP contribution >= 0.6 is 11.6 Å². The Hall–Kier alpha value is -1.68. The smallest absolute Gasteiger partial charge is 0.141 e. The highest BCUT2D eigenvalue weighted by atomic mass is 35.5. The van der Waals surface area contributed by atoms with Crippen molar-refractivity contribution in [2.75, 3.05) is 12.4 Å². The molecule has 0 amide bonds. The molecule has 0 saturated carbocycles. The van der Waals surface area contributed by atoms with Gasteiger partial charge in [-0.15, -0.1) is 0 Å². The van der Waals surface area contributed by atoms with Crippen molar-refractivity contribution in [3.05, 3.63) is 40.9 Å². The van der Waals surface area contributed by atoms with Crippen molar-refractivity contribution in [3.8, 4) is 11.3 Å². The van der Waals surface area contributed by atoms with Gasteiger partial charge in [0.05, 0.1) is 10.7 Å². The van der Waals surface area contributed by atoms with E-state index in [4.69, 9.17) is 11.6 Å². The summed E-state index contributed by atoms with van der Waals surface area (Å²) in [5.41, 5.74) is 2.41. The molecule has 0 aliphatic heterocycles. The molecule has 2 rings (SSSR count). The van der Waals surface area contributed by atoms with E-state index in [1.165, 1.54) is 12.4 Å². The van der Waals surface area contributed by atoms with E-state index in [2.05, 4.69) is 15.3 Å². The summed E-state index contributed by atoms with van der Waals surface area (Å²) < 4.78 is 13.1. The molecule has 5 heteroatoms. The number of hydrogen-bond acceptors (Lipinski definition) is 3. The van der Waals surface area contributed by atoms with Gasteiger partial charge in [0, 0.05) is 18.2 Å². The largest absolute Gasteiger partial charge is 0.373 e. The zero-order chi connectivity index (χ0) is 12.4. The Morgan fingerprint density at radius 1 is 1.29 bits per heavy atom. The van der Waals surface area contributed by atoms with Crippen molar-refractivity contribution < 1.29 is 4.39 Å². The first-order chi connectivity index (χ1) is 8.13. The quantitative estimate of drug-likeness (QED) is 0.890. The highest BCUT2D eigenvalue weighted by Gasteiger charge is 2.09. The number of hydrogen-bond donors (Lipinski definition) is 1. The van der Waals surface area contributed by atoms with Crippen molar-refractivity contribution in [2.45, 2.75) is 6.92 Å². The van der Waals surface area contributed by atoms with Gasteiger partial charge in [-0.1, -0.05) is 11.6 Å². The first-order valence-corrected chi connectivity index (χ1v) is 5.46. The molecule has 1 aromatic heterocycles. The lowest BCUT2D eigenvalue weighted by Gasteiger charge is -2.09. The first kappa shape index (κ1) is 11.8. The third-order valence-electron chi connectivity index (χ3n) is 2.51. The number of nitrogens with one attached hydrogen (secondary N) is 1. The summed E-state index contributed by atoms with van der Waals surface area (Å²) in [6, 6.07) is 4.54. The summed E-state index contributed by atoms with van der Waals surface area (Å²) in [4.78, 5) is 8.29. The van der Waals surface area contributed by atoms with Gasteiger partial charge in [0.1, 0.15) is 18.0 Å². The topological polar surface area (TPSA) is 37.8 Å². The summed E-state index contributed by atoms with van der Waals surface area (Å²) >= 11 is 5.76. The van der Waals surface area contributed by atoms with Gasteiger partial charge >= 0.3 is 0 Å². The van der Waals surface area contributed by atoms with Crippen molar-refractivity contribution in [1.82, 2.24) is 9.97 Å². The van der Waals surface area contributed by atoms with Gasteiger partial charge in [-0.25, -0.2) is 14.4 Å². The molecule has 2 aromatic rings. The highest BCUT2D eigenvalue weighted by Crippen LogP contribution is 2.27.